The first kappa shape index (κ1) is 65.6. The molecule has 0 saturated carbocycles. The summed E-state index contributed by atoms with van der Waals surface area (Å²) in [5.74, 6) is -0.511. The van der Waals surface area contributed by atoms with Gasteiger partial charge in [-0.2, -0.15) is 0 Å². The lowest BCUT2D eigenvalue weighted by Gasteiger charge is -2.21. The van der Waals surface area contributed by atoms with E-state index in [4.69, 9.17) is 0 Å². The predicted octanol–water partition coefficient (Wildman–Crippen LogP) is 19.0. The van der Waals surface area contributed by atoms with Crippen molar-refractivity contribution < 1.29 is 20.1 Å². The van der Waals surface area contributed by atoms with Gasteiger partial charge in [-0.3, -0.25) is 4.79 Å². The van der Waals surface area contributed by atoms with Gasteiger partial charge in [0.05, 0.1) is 18.8 Å². The number of rotatable bonds is 56. The summed E-state index contributed by atoms with van der Waals surface area (Å²) in [6.07, 6.45) is 75.3. The topological polar surface area (TPSA) is 89.8 Å². The van der Waals surface area contributed by atoms with Crippen molar-refractivity contribution in [1.29, 1.82) is 0 Å². The number of hydrogen-bond acceptors (Lipinski definition) is 4. The molecule has 0 bridgehead atoms. The van der Waals surface area contributed by atoms with E-state index < -0.39 is 24.2 Å². The number of unbranched alkanes of at least 4 members (excludes halogenated alkanes) is 44. The minimum atomic E-state index is -1.11. The van der Waals surface area contributed by atoms with Crippen molar-refractivity contribution in [1.82, 2.24) is 5.32 Å². The van der Waals surface area contributed by atoms with Crippen LogP contribution in [0.4, 0.5) is 0 Å². The van der Waals surface area contributed by atoms with E-state index in [9.17, 15) is 20.1 Å². The van der Waals surface area contributed by atoms with Crippen LogP contribution in [0.2, 0.25) is 0 Å². The van der Waals surface area contributed by atoms with Gasteiger partial charge >= 0.3 is 0 Å². The highest BCUT2D eigenvalue weighted by Gasteiger charge is 2.22. The van der Waals surface area contributed by atoms with E-state index in [1.165, 1.54) is 263 Å². The number of hydrogen-bond donors (Lipinski definition) is 4. The maximum absolute atomic E-state index is 12.6. The highest BCUT2D eigenvalue weighted by atomic mass is 16.3. The van der Waals surface area contributed by atoms with Crippen molar-refractivity contribution in [3.8, 4) is 0 Å². The highest BCUT2D eigenvalue weighted by molar-refractivity contribution is 5.80. The number of aliphatic hydroxyl groups excluding tert-OH is 3. The number of carbonyl (C=O) groups excluding carboxylic acids is 1. The molecule has 67 heavy (non-hydrogen) atoms. The molecule has 0 aliphatic rings. The Balaban J connectivity index is 3.58. The van der Waals surface area contributed by atoms with E-state index in [0.29, 0.717) is 6.42 Å². The van der Waals surface area contributed by atoms with E-state index in [0.717, 1.165) is 44.9 Å². The third-order valence-electron chi connectivity index (χ3n) is 14.2. The minimum Gasteiger partial charge on any atom is -0.394 e. The van der Waals surface area contributed by atoms with Crippen LogP contribution in [0.5, 0.6) is 0 Å². The second kappa shape index (κ2) is 57.2. The van der Waals surface area contributed by atoms with Crippen LogP contribution in [0, 0.1) is 0 Å². The van der Waals surface area contributed by atoms with Gasteiger partial charge in [-0.25, -0.2) is 0 Å². The molecule has 1 amide bonds. The van der Waals surface area contributed by atoms with Gasteiger partial charge in [-0.1, -0.05) is 320 Å². The molecular formula is C62H119NO4. The van der Waals surface area contributed by atoms with Gasteiger partial charge in [0.2, 0.25) is 5.91 Å². The standard InChI is InChI=1S/C62H119NO4/c1-3-5-7-9-11-13-15-17-19-21-23-25-27-29-30-31-33-35-37-39-41-43-45-47-49-51-53-55-57-61(66)62(67)63-59(58-64)60(65)56-54-52-50-48-46-44-42-40-38-36-34-32-28-26-24-22-20-18-16-14-12-10-8-6-4-2/h38,40,46,48,54,56,59-61,64-66H,3-37,39,41-45,47,49-53,55,57-58H2,1-2H3,(H,63,67)/b40-38+,48-46+,56-54+. The average molecular weight is 943 g/mol. The van der Waals surface area contributed by atoms with Crippen LogP contribution in [-0.4, -0.2) is 46.1 Å². The Bertz CT molecular complexity index is 1040. The van der Waals surface area contributed by atoms with Gasteiger partial charge in [0.15, 0.2) is 0 Å². The number of aliphatic hydroxyl groups is 3. The second-order valence-electron chi connectivity index (χ2n) is 20.9. The molecule has 3 unspecified atom stereocenters. The van der Waals surface area contributed by atoms with Crippen LogP contribution in [-0.2, 0) is 4.79 Å². The molecule has 0 aromatic carbocycles. The molecule has 0 rings (SSSR count). The first-order valence-corrected chi connectivity index (χ1v) is 30.3. The van der Waals surface area contributed by atoms with Crippen LogP contribution < -0.4 is 5.32 Å². The van der Waals surface area contributed by atoms with Crippen molar-refractivity contribution in [3.63, 3.8) is 0 Å². The normalized spacial score (nSPS) is 13.4. The molecule has 0 saturated heterocycles. The fourth-order valence-electron chi connectivity index (χ4n) is 9.52. The Morgan fingerprint density at radius 3 is 0.910 bits per heavy atom. The Labute approximate surface area is 419 Å². The van der Waals surface area contributed by atoms with E-state index >= 15 is 0 Å². The van der Waals surface area contributed by atoms with Crippen molar-refractivity contribution in [2.45, 2.75) is 347 Å². The van der Waals surface area contributed by atoms with Gasteiger partial charge in [-0.05, 0) is 44.9 Å². The lowest BCUT2D eigenvalue weighted by Crippen LogP contribution is -2.48. The highest BCUT2D eigenvalue weighted by Crippen LogP contribution is 2.18. The summed E-state index contributed by atoms with van der Waals surface area (Å²) in [5, 5.41) is 33.4. The molecule has 0 fully saturated rings. The van der Waals surface area contributed by atoms with Gasteiger partial charge in [0.1, 0.15) is 6.10 Å². The van der Waals surface area contributed by atoms with Crippen LogP contribution in [0.1, 0.15) is 328 Å². The fraction of sp³-hybridized carbons (Fsp3) is 0.887. The second-order valence-corrected chi connectivity index (χ2v) is 20.9. The molecule has 0 radical (unpaired) electrons. The van der Waals surface area contributed by atoms with Crippen LogP contribution in [0.3, 0.4) is 0 Å². The summed E-state index contributed by atoms with van der Waals surface area (Å²) >= 11 is 0. The number of nitrogens with one attached hydrogen (secondary N) is 1. The average Bonchev–Trinajstić information content (AvgIpc) is 3.33. The third-order valence-corrected chi connectivity index (χ3v) is 14.2. The summed E-state index contributed by atoms with van der Waals surface area (Å²) in [4.78, 5) is 12.6. The van der Waals surface area contributed by atoms with Crippen LogP contribution >= 0.6 is 0 Å². The van der Waals surface area contributed by atoms with Crippen molar-refractivity contribution in [3.05, 3.63) is 36.5 Å². The van der Waals surface area contributed by atoms with Gasteiger partial charge in [0, 0.05) is 0 Å². The van der Waals surface area contributed by atoms with Gasteiger partial charge in [-0.15, -0.1) is 0 Å². The molecule has 0 aromatic heterocycles. The van der Waals surface area contributed by atoms with E-state index in [1.54, 1.807) is 6.08 Å². The summed E-state index contributed by atoms with van der Waals surface area (Å²) in [6, 6.07) is -0.821. The zero-order valence-electron chi connectivity index (χ0n) is 45.3. The molecule has 4 N–H and O–H groups in total. The minimum absolute atomic E-state index is 0.379. The smallest absolute Gasteiger partial charge is 0.249 e. The number of allylic oxidation sites excluding steroid dienone is 5. The van der Waals surface area contributed by atoms with E-state index in [2.05, 4.69) is 43.5 Å². The summed E-state index contributed by atoms with van der Waals surface area (Å²) in [6.45, 7) is 4.21. The van der Waals surface area contributed by atoms with Gasteiger partial charge < -0.3 is 20.6 Å². The predicted molar refractivity (Wildman–Crippen MR) is 296 cm³/mol. The molecule has 0 aromatic rings. The Morgan fingerprint density at radius 2 is 0.612 bits per heavy atom. The molecule has 5 heteroatoms. The van der Waals surface area contributed by atoms with Crippen molar-refractivity contribution in [2.75, 3.05) is 6.61 Å². The molecule has 0 aliphatic heterocycles. The summed E-state index contributed by atoms with van der Waals surface area (Å²) < 4.78 is 0. The van der Waals surface area contributed by atoms with E-state index in [-0.39, 0.29) is 6.61 Å². The molecule has 5 nitrogen and oxygen atoms in total. The van der Waals surface area contributed by atoms with Crippen LogP contribution in [0.15, 0.2) is 36.5 Å². The largest absolute Gasteiger partial charge is 0.394 e. The molecule has 0 spiro atoms. The number of carbonyl (C=O) groups is 1. The molecule has 3 atom stereocenters. The van der Waals surface area contributed by atoms with Crippen molar-refractivity contribution in [2.24, 2.45) is 0 Å². The Morgan fingerprint density at radius 1 is 0.358 bits per heavy atom. The SMILES string of the molecule is CCCCCCCCCCCCCCCCC/C=C/CC/C=C/CC/C=C/C(O)C(CO)NC(=O)C(O)CCCCCCCCCCCCCCCCCCCCCCCCCCCCCC. The fourth-order valence-corrected chi connectivity index (χ4v) is 9.52. The Kier molecular flexibility index (Phi) is 55.9. The quantitative estimate of drug-likeness (QED) is 0.0361. The van der Waals surface area contributed by atoms with Crippen LogP contribution in [0.25, 0.3) is 0 Å². The third kappa shape index (κ3) is 52.2. The zero-order chi connectivity index (χ0) is 48.6. The first-order chi connectivity index (χ1) is 33.1. The molecule has 396 valence electrons. The Hall–Kier alpha value is -1.43. The summed E-state index contributed by atoms with van der Waals surface area (Å²) in [7, 11) is 0. The van der Waals surface area contributed by atoms with E-state index in [1.807, 2.05) is 6.08 Å². The monoisotopic (exact) mass is 942 g/mol. The zero-order valence-corrected chi connectivity index (χ0v) is 45.3. The molecular weight excluding hydrogens is 823 g/mol. The maximum Gasteiger partial charge on any atom is 0.249 e. The first-order valence-electron chi connectivity index (χ1n) is 30.3. The van der Waals surface area contributed by atoms with Gasteiger partial charge in [0.25, 0.3) is 0 Å². The lowest BCUT2D eigenvalue weighted by atomic mass is 10.0. The molecule has 0 heterocycles. The summed E-state index contributed by atoms with van der Waals surface area (Å²) in [5.41, 5.74) is 0. The maximum atomic E-state index is 12.6. The molecule has 0 aliphatic carbocycles. The lowest BCUT2D eigenvalue weighted by molar-refractivity contribution is -0.131. The van der Waals surface area contributed by atoms with Crippen molar-refractivity contribution >= 4 is 5.91 Å². The number of amides is 1.